The molecule has 23 heavy (non-hydrogen) atoms. The van der Waals surface area contributed by atoms with Gasteiger partial charge < -0.3 is 0 Å². The summed E-state index contributed by atoms with van der Waals surface area (Å²) in [5.74, 6) is 1.00. The summed E-state index contributed by atoms with van der Waals surface area (Å²) in [6, 6.07) is 17.5. The number of allylic oxidation sites excluding steroid dienone is 5. The molecule has 0 fully saturated rings. The van der Waals surface area contributed by atoms with Crippen LogP contribution in [0.3, 0.4) is 0 Å². The lowest BCUT2D eigenvalue weighted by Gasteiger charge is -2.23. The smallest absolute Gasteiger partial charge is 0.0155 e. The maximum Gasteiger partial charge on any atom is 0.0155 e. The minimum absolute atomic E-state index is 0.488. The van der Waals surface area contributed by atoms with E-state index in [1.807, 2.05) is 0 Å². The molecule has 2 aliphatic rings. The Bertz CT molecular complexity index is 847. The van der Waals surface area contributed by atoms with E-state index < -0.39 is 0 Å². The Kier molecular flexibility index (Phi) is 3.34. The lowest BCUT2D eigenvalue weighted by atomic mass is 9.80. The van der Waals surface area contributed by atoms with Gasteiger partial charge in [0, 0.05) is 11.8 Å². The Morgan fingerprint density at radius 3 is 2.30 bits per heavy atom. The van der Waals surface area contributed by atoms with Crippen LogP contribution in [0.1, 0.15) is 37.8 Å². The minimum atomic E-state index is 0.488. The lowest BCUT2D eigenvalue weighted by Crippen LogP contribution is -2.10. The van der Waals surface area contributed by atoms with Crippen molar-refractivity contribution in [2.45, 2.75) is 26.7 Å². The summed E-state index contributed by atoms with van der Waals surface area (Å²) < 4.78 is 0. The van der Waals surface area contributed by atoms with E-state index in [2.05, 4.69) is 87.5 Å². The highest BCUT2D eigenvalue weighted by molar-refractivity contribution is 5.82. The number of benzene rings is 2. The molecule has 0 aromatic heterocycles. The van der Waals surface area contributed by atoms with Gasteiger partial charge in [-0.15, -0.1) is 0 Å². The van der Waals surface area contributed by atoms with Gasteiger partial charge in [0.15, 0.2) is 0 Å². The van der Waals surface area contributed by atoms with E-state index in [4.69, 9.17) is 0 Å². The van der Waals surface area contributed by atoms with Crippen LogP contribution in [0.4, 0.5) is 0 Å². The summed E-state index contributed by atoms with van der Waals surface area (Å²) >= 11 is 0. The van der Waals surface area contributed by atoms with Crippen molar-refractivity contribution in [2.24, 2.45) is 5.92 Å². The molecule has 0 nitrogen and oxygen atoms in total. The second-order valence-corrected chi connectivity index (χ2v) is 6.79. The lowest BCUT2D eigenvalue weighted by molar-refractivity contribution is 0.656. The molecule has 0 heterocycles. The Morgan fingerprint density at radius 1 is 0.826 bits per heavy atom. The molecule has 4 rings (SSSR count). The van der Waals surface area contributed by atoms with Gasteiger partial charge in [0.2, 0.25) is 0 Å². The monoisotopic (exact) mass is 298 g/mol. The second kappa shape index (κ2) is 5.38. The Balaban J connectivity index is 1.84. The number of fused-ring (bicyclic) bond motifs is 1. The van der Waals surface area contributed by atoms with Crippen LogP contribution in [-0.2, 0) is 0 Å². The minimum Gasteiger partial charge on any atom is -0.0761 e. The van der Waals surface area contributed by atoms with Crippen LogP contribution in [0, 0.1) is 5.92 Å². The molecule has 0 radical (unpaired) electrons. The summed E-state index contributed by atoms with van der Waals surface area (Å²) in [6.07, 6.45) is 7.07. The van der Waals surface area contributed by atoms with Crippen LogP contribution in [0.15, 0.2) is 77.4 Å². The molecule has 2 aromatic carbocycles. The zero-order chi connectivity index (χ0) is 16.0. The maximum atomic E-state index is 2.40. The van der Waals surface area contributed by atoms with Crippen molar-refractivity contribution in [2.75, 3.05) is 0 Å². The molecular weight excluding hydrogens is 276 g/mol. The van der Waals surface area contributed by atoms with Crippen LogP contribution in [-0.4, -0.2) is 0 Å². The first-order chi connectivity index (χ1) is 11.2. The summed E-state index contributed by atoms with van der Waals surface area (Å²) in [5.41, 5.74) is 9.97. The highest BCUT2D eigenvalue weighted by Crippen LogP contribution is 2.48. The van der Waals surface area contributed by atoms with E-state index in [1.165, 1.54) is 39.0 Å². The van der Waals surface area contributed by atoms with Gasteiger partial charge in [0.1, 0.15) is 0 Å². The van der Waals surface area contributed by atoms with Gasteiger partial charge in [-0.05, 0) is 43.0 Å². The number of hydrogen-bond acceptors (Lipinski definition) is 0. The highest BCUT2D eigenvalue weighted by Gasteiger charge is 2.32. The summed E-state index contributed by atoms with van der Waals surface area (Å²) in [5, 5.41) is 0. The third-order valence-electron chi connectivity index (χ3n) is 5.46. The van der Waals surface area contributed by atoms with E-state index in [1.54, 1.807) is 0 Å². The van der Waals surface area contributed by atoms with Crippen molar-refractivity contribution in [3.8, 4) is 11.1 Å². The fraction of sp³-hybridized carbons (Fsp3) is 0.217. The molecule has 0 saturated heterocycles. The summed E-state index contributed by atoms with van der Waals surface area (Å²) in [7, 11) is 0. The Labute approximate surface area is 138 Å². The molecule has 2 aromatic rings. The largest absolute Gasteiger partial charge is 0.0761 e. The van der Waals surface area contributed by atoms with Gasteiger partial charge >= 0.3 is 0 Å². The summed E-state index contributed by atoms with van der Waals surface area (Å²) in [4.78, 5) is 0. The van der Waals surface area contributed by atoms with Gasteiger partial charge in [-0.25, -0.2) is 0 Å². The van der Waals surface area contributed by atoms with Gasteiger partial charge in [0.25, 0.3) is 0 Å². The van der Waals surface area contributed by atoms with E-state index in [-0.39, 0.29) is 0 Å². The zero-order valence-corrected chi connectivity index (χ0v) is 14.0. The van der Waals surface area contributed by atoms with Gasteiger partial charge in [-0.2, -0.15) is 0 Å². The van der Waals surface area contributed by atoms with E-state index in [0.717, 1.165) is 0 Å². The topological polar surface area (TPSA) is 0 Å². The van der Waals surface area contributed by atoms with Crippen LogP contribution >= 0.6 is 0 Å². The Hall–Kier alpha value is -2.34. The SMILES string of the molecule is CC1=Cc2c(-c3ccccc3)cccc2C1C1C=CC(C)=C1C. The van der Waals surface area contributed by atoms with Crippen molar-refractivity contribution in [3.05, 3.63) is 88.5 Å². The van der Waals surface area contributed by atoms with Crippen molar-refractivity contribution in [1.29, 1.82) is 0 Å². The third kappa shape index (κ3) is 2.21. The predicted molar refractivity (Wildman–Crippen MR) is 99.3 cm³/mol. The molecule has 0 N–H and O–H groups in total. The molecule has 0 amide bonds. The molecule has 0 saturated carbocycles. The molecule has 0 bridgehead atoms. The average Bonchev–Trinajstić information content (AvgIpc) is 3.07. The van der Waals surface area contributed by atoms with Crippen LogP contribution in [0.25, 0.3) is 17.2 Å². The van der Waals surface area contributed by atoms with Crippen molar-refractivity contribution in [1.82, 2.24) is 0 Å². The maximum absolute atomic E-state index is 2.40. The van der Waals surface area contributed by atoms with Gasteiger partial charge in [-0.3, -0.25) is 0 Å². The molecule has 0 aliphatic heterocycles. The molecule has 2 unspecified atom stereocenters. The van der Waals surface area contributed by atoms with Crippen molar-refractivity contribution < 1.29 is 0 Å². The fourth-order valence-electron chi connectivity index (χ4n) is 4.07. The van der Waals surface area contributed by atoms with Gasteiger partial charge in [-0.1, -0.05) is 83.5 Å². The van der Waals surface area contributed by atoms with Crippen LogP contribution < -0.4 is 0 Å². The highest BCUT2D eigenvalue weighted by atomic mass is 14.4. The average molecular weight is 298 g/mol. The number of hydrogen-bond donors (Lipinski definition) is 0. The Morgan fingerprint density at radius 2 is 1.61 bits per heavy atom. The first kappa shape index (κ1) is 14.3. The quantitative estimate of drug-likeness (QED) is 0.603. The zero-order valence-electron chi connectivity index (χ0n) is 14.0. The first-order valence-electron chi connectivity index (χ1n) is 8.39. The molecule has 2 atom stereocenters. The van der Waals surface area contributed by atoms with E-state index >= 15 is 0 Å². The van der Waals surface area contributed by atoms with Crippen LogP contribution in [0.5, 0.6) is 0 Å². The van der Waals surface area contributed by atoms with E-state index in [9.17, 15) is 0 Å². The van der Waals surface area contributed by atoms with Crippen LogP contribution in [0.2, 0.25) is 0 Å². The normalized spacial score (nSPS) is 22.5. The standard InChI is InChI=1S/C23H22/c1-15-12-13-19(17(15)3)23-16(2)14-22-20(10-7-11-21(22)23)18-8-5-4-6-9-18/h4-14,19,23H,1-3H3. The molecule has 0 spiro atoms. The van der Waals surface area contributed by atoms with Crippen molar-refractivity contribution >= 4 is 6.08 Å². The molecular formula is C23H22. The second-order valence-electron chi connectivity index (χ2n) is 6.79. The molecule has 2 aliphatic carbocycles. The third-order valence-corrected chi connectivity index (χ3v) is 5.46. The van der Waals surface area contributed by atoms with Crippen molar-refractivity contribution in [3.63, 3.8) is 0 Å². The summed E-state index contributed by atoms with van der Waals surface area (Å²) in [6.45, 7) is 6.79. The van der Waals surface area contributed by atoms with E-state index in [0.29, 0.717) is 11.8 Å². The first-order valence-corrected chi connectivity index (χ1v) is 8.39. The predicted octanol–water partition coefficient (Wildman–Crippen LogP) is 6.38. The molecule has 0 heteroatoms. The number of rotatable bonds is 2. The fourth-order valence-corrected chi connectivity index (χ4v) is 4.07. The van der Waals surface area contributed by atoms with Gasteiger partial charge in [0.05, 0.1) is 0 Å². The molecule has 114 valence electrons.